The second-order valence-electron chi connectivity index (χ2n) is 7.34. The number of hydrogen-bond donors (Lipinski definition) is 0. The van der Waals surface area contributed by atoms with Crippen molar-refractivity contribution in [3.63, 3.8) is 0 Å². The van der Waals surface area contributed by atoms with E-state index in [0.29, 0.717) is 25.8 Å². The van der Waals surface area contributed by atoms with Gasteiger partial charge in [-0.25, -0.2) is 0 Å². The largest absolute Gasteiger partial charge is 0.375 e. The Kier molecular flexibility index (Phi) is 7.21. The quantitative estimate of drug-likeness (QED) is 0.703. The first-order chi connectivity index (χ1) is 12.7. The standard InChI is InChI=1S/C21H30N2O3/c24-20(18-8-2-1-3-9-18)10-6-11-21(25)23-14-7-15-26-19(17-23)16-22-12-4-5-13-22/h1-3,8-9,19H,4-7,10-17H2. The third kappa shape index (κ3) is 5.64. The molecule has 0 aliphatic carbocycles. The van der Waals surface area contributed by atoms with Gasteiger partial charge in [0.1, 0.15) is 0 Å². The van der Waals surface area contributed by atoms with E-state index in [-0.39, 0.29) is 17.8 Å². The van der Waals surface area contributed by atoms with E-state index >= 15 is 0 Å². The summed E-state index contributed by atoms with van der Waals surface area (Å²) in [5.41, 5.74) is 0.730. The molecule has 0 bridgehead atoms. The summed E-state index contributed by atoms with van der Waals surface area (Å²) in [5, 5.41) is 0. The Morgan fingerprint density at radius 1 is 1.00 bits per heavy atom. The Labute approximate surface area is 156 Å². The summed E-state index contributed by atoms with van der Waals surface area (Å²) in [4.78, 5) is 29.1. The molecule has 2 aliphatic rings. The van der Waals surface area contributed by atoms with Crippen molar-refractivity contribution in [1.82, 2.24) is 9.80 Å². The minimum atomic E-state index is 0.115. The molecule has 2 saturated heterocycles. The number of ether oxygens (including phenoxy) is 1. The fourth-order valence-corrected chi connectivity index (χ4v) is 3.81. The fraction of sp³-hybridized carbons (Fsp3) is 0.619. The normalized spacial score (nSPS) is 21.5. The molecule has 1 aromatic carbocycles. The Bertz CT molecular complexity index is 584. The molecule has 1 atom stereocenters. The molecule has 0 radical (unpaired) electrons. The zero-order valence-electron chi connectivity index (χ0n) is 15.6. The highest BCUT2D eigenvalue weighted by Gasteiger charge is 2.25. The number of nitrogens with zero attached hydrogens (tertiary/aromatic N) is 2. The molecule has 142 valence electrons. The number of ketones is 1. The maximum atomic E-state index is 12.6. The molecule has 0 aromatic heterocycles. The first-order valence-electron chi connectivity index (χ1n) is 9.92. The molecule has 2 aliphatic heterocycles. The van der Waals surface area contributed by atoms with Crippen molar-refractivity contribution in [1.29, 1.82) is 0 Å². The van der Waals surface area contributed by atoms with Crippen LogP contribution in [-0.2, 0) is 9.53 Å². The average Bonchev–Trinajstić information content (AvgIpc) is 3.06. The lowest BCUT2D eigenvalue weighted by Gasteiger charge is -2.27. The molecule has 2 heterocycles. The third-order valence-electron chi connectivity index (χ3n) is 5.25. The average molecular weight is 358 g/mol. The number of rotatable bonds is 7. The van der Waals surface area contributed by atoms with Gasteiger partial charge in [-0.1, -0.05) is 30.3 Å². The zero-order chi connectivity index (χ0) is 18.2. The van der Waals surface area contributed by atoms with E-state index in [2.05, 4.69) is 4.90 Å². The van der Waals surface area contributed by atoms with Gasteiger partial charge < -0.3 is 14.5 Å². The third-order valence-corrected chi connectivity index (χ3v) is 5.25. The second-order valence-corrected chi connectivity index (χ2v) is 7.34. The lowest BCUT2D eigenvalue weighted by Crippen LogP contribution is -2.41. The van der Waals surface area contributed by atoms with E-state index in [1.54, 1.807) is 0 Å². The molecular formula is C21H30N2O3. The Hall–Kier alpha value is -1.72. The molecule has 2 fully saturated rings. The second kappa shape index (κ2) is 9.83. The van der Waals surface area contributed by atoms with Gasteiger partial charge in [-0.05, 0) is 38.8 Å². The van der Waals surface area contributed by atoms with Crippen molar-refractivity contribution < 1.29 is 14.3 Å². The highest BCUT2D eigenvalue weighted by atomic mass is 16.5. The predicted octanol–water partition coefficient (Wildman–Crippen LogP) is 2.75. The monoisotopic (exact) mass is 358 g/mol. The molecule has 1 unspecified atom stereocenters. The molecule has 26 heavy (non-hydrogen) atoms. The summed E-state index contributed by atoms with van der Waals surface area (Å²) in [6.07, 6.45) is 5.03. The topological polar surface area (TPSA) is 49.9 Å². The van der Waals surface area contributed by atoms with E-state index in [1.807, 2.05) is 35.2 Å². The minimum absolute atomic E-state index is 0.115. The van der Waals surface area contributed by atoms with Crippen LogP contribution in [0.1, 0.15) is 48.9 Å². The maximum Gasteiger partial charge on any atom is 0.222 e. The van der Waals surface area contributed by atoms with Crippen molar-refractivity contribution in [3.8, 4) is 0 Å². The van der Waals surface area contributed by atoms with Crippen LogP contribution in [0.25, 0.3) is 0 Å². The Balaban J connectivity index is 1.43. The van der Waals surface area contributed by atoms with E-state index in [9.17, 15) is 9.59 Å². The van der Waals surface area contributed by atoms with Gasteiger partial charge >= 0.3 is 0 Å². The van der Waals surface area contributed by atoms with Gasteiger partial charge in [0.25, 0.3) is 0 Å². The smallest absolute Gasteiger partial charge is 0.222 e. The van der Waals surface area contributed by atoms with Crippen molar-refractivity contribution in [2.24, 2.45) is 0 Å². The van der Waals surface area contributed by atoms with Gasteiger partial charge in [-0.3, -0.25) is 9.59 Å². The van der Waals surface area contributed by atoms with Crippen LogP contribution in [0.4, 0.5) is 0 Å². The summed E-state index contributed by atoms with van der Waals surface area (Å²) < 4.78 is 5.96. The van der Waals surface area contributed by atoms with Crippen molar-refractivity contribution in [2.75, 3.05) is 39.3 Å². The number of hydrogen-bond acceptors (Lipinski definition) is 4. The molecule has 0 N–H and O–H groups in total. The van der Waals surface area contributed by atoms with Crippen LogP contribution in [0.2, 0.25) is 0 Å². The molecule has 0 saturated carbocycles. The highest BCUT2D eigenvalue weighted by molar-refractivity contribution is 5.96. The van der Waals surface area contributed by atoms with E-state index in [1.165, 1.54) is 12.8 Å². The van der Waals surface area contributed by atoms with Crippen molar-refractivity contribution >= 4 is 11.7 Å². The van der Waals surface area contributed by atoms with Gasteiger partial charge in [-0.15, -0.1) is 0 Å². The van der Waals surface area contributed by atoms with Crippen LogP contribution >= 0.6 is 0 Å². The first kappa shape index (κ1) is 19.1. The summed E-state index contributed by atoms with van der Waals surface area (Å²) in [5.74, 6) is 0.271. The summed E-state index contributed by atoms with van der Waals surface area (Å²) >= 11 is 0. The van der Waals surface area contributed by atoms with Crippen molar-refractivity contribution in [3.05, 3.63) is 35.9 Å². The van der Waals surface area contributed by atoms with E-state index in [4.69, 9.17) is 4.74 Å². The fourth-order valence-electron chi connectivity index (χ4n) is 3.81. The summed E-state index contributed by atoms with van der Waals surface area (Å²) in [6.45, 7) is 5.40. The van der Waals surface area contributed by atoms with Gasteiger partial charge in [-0.2, -0.15) is 0 Å². The summed E-state index contributed by atoms with van der Waals surface area (Å²) in [6, 6.07) is 9.31. The maximum absolute atomic E-state index is 12.6. The molecule has 0 spiro atoms. The van der Waals surface area contributed by atoms with Crippen LogP contribution in [-0.4, -0.2) is 66.9 Å². The minimum Gasteiger partial charge on any atom is -0.375 e. The predicted molar refractivity (Wildman–Crippen MR) is 101 cm³/mol. The number of Topliss-reactive ketones (excluding diaryl/α,β-unsaturated/α-hetero) is 1. The van der Waals surface area contributed by atoms with Gasteiger partial charge in [0.05, 0.1) is 6.10 Å². The molecule has 1 amide bonds. The van der Waals surface area contributed by atoms with Crippen LogP contribution in [0, 0.1) is 0 Å². The number of likely N-dealkylation sites (tertiary alicyclic amines) is 1. The highest BCUT2D eigenvalue weighted by Crippen LogP contribution is 2.14. The lowest BCUT2D eigenvalue weighted by molar-refractivity contribution is -0.132. The SMILES string of the molecule is O=C(CCCC(=O)N1CCCOC(CN2CCCC2)C1)c1ccccc1. The van der Waals surface area contributed by atoms with Crippen LogP contribution in [0.5, 0.6) is 0 Å². The number of carbonyl (C=O) groups is 2. The van der Waals surface area contributed by atoms with Crippen LogP contribution in [0.3, 0.4) is 0 Å². The number of carbonyl (C=O) groups excluding carboxylic acids is 2. The molecular weight excluding hydrogens is 328 g/mol. The number of benzene rings is 1. The van der Waals surface area contributed by atoms with Crippen molar-refractivity contribution in [2.45, 2.75) is 44.6 Å². The first-order valence-corrected chi connectivity index (χ1v) is 9.92. The molecule has 1 aromatic rings. The van der Waals surface area contributed by atoms with Gasteiger partial charge in [0.15, 0.2) is 5.78 Å². The summed E-state index contributed by atoms with van der Waals surface area (Å²) in [7, 11) is 0. The van der Waals surface area contributed by atoms with Crippen LogP contribution in [0.15, 0.2) is 30.3 Å². The van der Waals surface area contributed by atoms with E-state index in [0.717, 1.165) is 44.8 Å². The van der Waals surface area contributed by atoms with Crippen LogP contribution < -0.4 is 0 Å². The van der Waals surface area contributed by atoms with Gasteiger partial charge in [0, 0.05) is 44.6 Å². The zero-order valence-corrected chi connectivity index (χ0v) is 15.6. The molecule has 3 rings (SSSR count). The van der Waals surface area contributed by atoms with E-state index < -0.39 is 0 Å². The lowest BCUT2D eigenvalue weighted by atomic mass is 10.1. The number of amides is 1. The van der Waals surface area contributed by atoms with Gasteiger partial charge in [0.2, 0.25) is 5.91 Å². The molecule has 5 heteroatoms. The molecule has 5 nitrogen and oxygen atoms in total. The Morgan fingerprint density at radius 3 is 2.54 bits per heavy atom. The Morgan fingerprint density at radius 2 is 1.77 bits per heavy atom.